The molecule has 1 rings (SSSR count). The van der Waals surface area contributed by atoms with Gasteiger partial charge in [-0.25, -0.2) is 13.2 Å². The van der Waals surface area contributed by atoms with Gasteiger partial charge in [0.25, 0.3) is 6.43 Å². The van der Waals surface area contributed by atoms with Crippen LogP contribution in [0.3, 0.4) is 0 Å². The van der Waals surface area contributed by atoms with Crippen LogP contribution in [-0.4, -0.2) is 0 Å². The largest absolute Gasteiger partial charge is 0.264 e. The Morgan fingerprint density at radius 3 is 2.42 bits per heavy atom. The maximum atomic E-state index is 12.7. The molecular weight excluding hydrogens is 233 g/mol. The van der Waals surface area contributed by atoms with Gasteiger partial charge in [0.2, 0.25) is 0 Å². The molecule has 0 bridgehead atoms. The Morgan fingerprint density at radius 1 is 1.33 bits per heavy atom. The van der Waals surface area contributed by atoms with Crippen molar-refractivity contribution in [3.05, 3.63) is 33.5 Å². The maximum Gasteiger partial charge on any atom is 0.264 e. The summed E-state index contributed by atoms with van der Waals surface area (Å²) in [6, 6.07) is 2.12. The molecule has 1 aromatic carbocycles. The zero-order valence-electron chi connectivity index (χ0n) is 6.24. The van der Waals surface area contributed by atoms with Gasteiger partial charge in [0, 0.05) is 10.0 Å². The average molecular weight is 239 g/mol. The summed E-state index contributed by atoms with van der Waals surface area (Å²) in [4.78, 5) is 0. The summed E-state index contributed by atoms with van der Waals surface area (Å²) < 4.78 is 37.3. The molecule has 0 saturated heterocycles. The van der Waals surface area contributed by atoms with E-state index in [1.165, 1.54) is 6.92 Å². The topological polar surface area (TPSA) is 0 Å². The Labute approximate surface area is 76.5 Å². The van der Waals surface area contributed by atoms with E-state index in [-0.39, 0.29) is 15.6 Å². The highest BCUT2D eigenvalue weighted by atomic mass is 79.9. The van der Waals surface area contributed by atoms with E-state index in [0.29, 0.717) is 0 Å². The summed E-state index contributed by atoms with van der Waals surface area (Å²) in [6.07, 6.45) is -2.57. The highest BCUT2D eigenvalue weighted by molar-refractivity contribution is 9.10. The van der Waals surface area contributed by atoms with Gasteiger partial charge in [0.05, 0.1) is 0 Å². The fourth-order valence-corrected chi connectivity index (χ4v) is 1.35. The first-order valence-electron chi connectivity index (χ1n) is 3.26. The highest BCUT2D eigenvalue weighted by Gasteiger charge is 2.14. The quantitative estimate of drug-likeness (QED) is 0.698. The molecule has 4 heteroatoms. The van der Waals surface area contributed by atoms with E-state index in [0.717, 1.165) is 12.1 Å². The molecule has 66 valence electrons. The van der Waals surface area contributed by atoms with Gasteiger partial charge in [-0.1, -0.05) is 0 Å². The second-order valence-electron chi connectivity index (χ2n) is 2.38. The molecule has 0 saturated carbocycles. The third kappa shape index (κ3) is 1.63. The number of halogens is 4. The van der Waals surface area contributed by atoms with Crippen molar-refractivity contribution < 1.29 is 13.2 Å². The average Bonchev–Trinajstić information content (AvgIpc) is 2.00. The molecular formula is C8H6BrF3. The molecule has 0 nitrogen and oxygen atoms in total. The van der Waals surface area contributed by atoms with E-state index >= 15 is 0 Å². The van der Waals surface area contributed by atoms with Gasteiger partial charge in [-0.2, -0.15) is 0 Å². The van der Waals surface area contributed by atoms with Crippen molar-refractivity contribution in [3.63, 3.8) is 0 Å². The third-order valence-corrected chi connectivity index (χ3v) is 2.64. The molecule has 12 heavy (non-hydrogen) atoms. The number of hydrogen-bond acceptors (Lipinski definition) is 0. The molecule has 0 heterocycles. The van der Waals surface area contributed by atoms with Crippen LogP contribution < -0.4 is 0 Å². The molecule has 0 radical (unpaired) electrons. The Morgan fingerprint density at radius 2 is 1.92 bits per heavy atom. The predicted molar refractivity (Wildman–Crippen MR) is 43.8 cm³/mol. The van der Waals surface area contributed by atoms with Crippen LogP contribution in [0.4, 0.5) is 13.2 Å². The summed E-state index contributed by atoms with van der Waals surface area (Å²) in [5, 5.41) is 0. The van der Waals surface area contributed by atoms with Gasteiger partial charge in [-0.3, -0.25) is 0 Å². The summed E-state index contributed by atoms with van der Waals surface area (Å²) in [7, 11) is 0. The first kappa shape index (κ1) is 9.58. The molecule has 0 atom stereocenters. The lowest BCUT2D eigenvalue weighted by Gasteiger charge is -2.06. The zero-order valence-corrected chi connectivity index (χ0v) is 7.83. The summed E-state index contributed by atoms with van der Waals surface area (Å²) in [5.74, 6) is -0.480. The summed E-state index contributed by atoms with van der Waals surface area (Å²) in [5.41, 5.74) is 0.0432. The number of hydrogen-bond donors (Lipinski definition) is 0. The van der Waals surface area contributed by atoms with Gasteiger partial charge in [0.1, 0.15) is 5.82 Å². The van der Waals surface area contributed by atoms with Crippen LogP contribution in [-0.2, 0) is 0 Å². The van der Waals surface area contributed by atoms with E-state index in [9.17, 15) is 13.2 Å². The Bertz CT molecular complexity index is 297. The second-order valence-corrected chi connectivity index (χ2v) is 3.17. The molecule has 0 aliphatic heterocycles. The second kappa shape index (κ2) is 3.47. The van der Waals surface area contributed by atoms with Crippen molar-refractivity contribution in [3.8, 4) is 0 Å². The van der Waals surface area contributed by atoms with Crippen molar-refractivity contribution in [2.24, 2.45) is 0 Å². The van der Waals surface area contributed by atoms with E-state index < -0.39 is 12.2 Å². The van der Waals surface area contributed by atoms with Crippen LogP contribution in [0.15, 0.2) is 16.6 Å². The van der Waals surface area contributed by atoms with Crippen LogP contribution in [0, 0.1) is 12.7 Å². The lowest BCUT2D eigenvalue weighted by atomic mass is 10.1. The molecule has 0 N–H and O–H groups in total. The molecule has 0 aliphatic rings. The summed E-state index contributed by atoms with van der Waals surface area (Å²) in [6.45, 7) is 1.45. The Kier molecular flexibility index (Phi) is 2.77. The minimum Gasteiger partial charge on any atom is -0.207 e. The standard InChI is InChI=1S/C8H6BrF3/c1-4-6(10)3-2-5(7(4)9)8(11)12/h2-3,8H,1H3. The molecule has 0 amide bonds. The monoisotopic (exact) mass is 238 g/mol. The van der Waals surface area contributed by atoms with E-state index in [1.807, 2.05) is 0 Å². The van der Waals surface area contributed by atoms with E-state index in [4.69, 9.17) is 0 Å². The van der Waals surface area contributed by atoms with Gasteiger partial charge < -0.3 is 0 Å². The van der Waals surface area contributed by atoms with Gasteiger partial charge >= 0.3 is 0 Å². The molecule has 0 spiro atoms. The van der Waals surface area contributed by atoms with Gasteiger partial charge in [0.15, 0.2) is 0 Å². The SMILES string of the molecule is Cc1c(F)ccc(C(F)F)c1Br. The highest BCUT2D eigenvalue weighted by Crippen LogP contribution is 2.30. The molecule has 0 unspecified atom stereocenters. The number of rotatable bonds is 1. The van der Waals surface area contributed by atoms with Crippen molar-refractivity contribution in [1.82, 2.24) is 0 Å². The minimum absolute atomic E-state index is 0.150. The third-order valence-electron chi connectivity index (χ3n) is 1.59. The maximum absolute atomic E-state index is 12.7. The van der Waals surface area contributed by atoms with Crippen LogP contribution in [0.1, 0.15) is 17.6 Å². The van der Waals surface area contributed by atoms with Crippen LogP contribution in [0.25, 0.3) is 0 Å². The first-order chi connectivity index (χ1) is 5.54. The fourth-order valence-electron chi connectivity index (χ4n) is 0.851. The lowest BCUT2D eigenvalue weighted by Crippen LogP contribution is -1.91. The lowest BCUT2D eigenvalue weighted by molar-refractivity contribution is 0.150. The van der Waals surface area contributed by atoms with Gasteiger partial charge in [-0.15, -0.1) is 0 Å². The van der Waals surface area contributed by atoms with Crippen molar-refractivity contribution in [2.75, 3.05) is 0 Å². The Balaban J connectivity index is 3.27. The van der Waals surface area contributed by atoms with Crippen molar-refractivity contribution >= 4 is 15.9 Å². The minimum atomic E-state index is -2.57. The van der Waals surface area contributed by atoms with Gasteiger partial charge in [-0.05, 0) is 40.5 Å². The normalized spacial score (nSPS) is 10.8. The molecule has 0 aromatic heterocycles. The Hall–Kier alpha value is -0.510. The predicted octanol–water partition coefficient (Wildman–Crippen LogP) is 3.83. The number of alkyl halides is 2. The smallest absolute Gasteiger partial charge is 0.207 e. The van der Waals surface area contributed by atoms with Crippen molar-refractivity contribution in [2.45, 2.75) is 13.3 Å². The van der Waals surface area contributed by atoms with Crippen LogP contribution in [0.5, 0.6) is 0 Å². The molecule has 0 fully saturated rings. The first-order valence-corrected chi connectivity index (χ1v) is 4.06. The molecule has 0 aliphatic carbocycles. The molecule has 1 aromatic rings. The van der Waals surface area contributed by atoms with E-state index in [1.54, 1.807) is 0 Å². The van der Waals surface area contributed by atoms with Crippen LogP contribution >= 0.6 is 15.9 Å². The number of benzene rings is 1. The van der Waals surface area contributed by atoms with Crippen LogP contribution in [0.2, 0.25) is 0 Å². The summed E-state index contributed by atoms with van der Waals surface area (Å²) >= 11 is 2.91. The van der Waals surface area contributed by atoms with Crippen molar-refractivity contribution in [1.29, 1.82) is 0 Å². The zero-order chi connectivity index (χ0) is 9.30. The van der Waals surface area contributed by atoms with E-state index in [2.05, 4.69) is 15.9 Å². The fraction of sp³-hybridized carbons (Fsp3) is 0.250.